The number of benzene rings is 2. The molecule has 1 nitrogen and oxygen atoms in total. The summed E-state index contributed by atoms with van der Waals surface area (Å²) in [5.74, 6) is 0.964. The number of nitrogens with one attached hydrogen (secondary N) is 1. The Kier molecular flexibility index (Phi) is 3.54. The van der Waals surface area contributed by atoms with Gasteiger partial charge >= 0.3 is 0 Å². The molecule has 0 saturated heterocycles. The van der Waals surface area contributed by atoms with Gasteiger partial charge in [-0.25, -0.2) is 0 Å². The van der Waals surface area contributed by atoms with E-state index in [9.17, 15) is 0 Å². The fraction of sp³-hybridized carbons (Fsp3) is 0.333. The van der Waals surface area contributed by atoms with Crippen molar-refractivity contribution >= 4 is 5.69 Å². The van der Waals surface area contributed by atoms with Gasteiger partial charge < -0.3 is 5.32 Å². The van der Waals surface area contributed by atoms with Crippen LogP contribution in [0.4, 0.5) is 5.69 Å². The van der Waals surface area contributed by atoms with Crippen LogP contribution in [0.5, 0.6) is 0 Å². The highest BCUT2D eigenvalue weighted by Crippen LogP contribution is 2.35. The molecule has 1 fully saturated rings. The molecule has 0 spiro atoms. The molecule has 1 aliphatic carbocycles. The zero-order valence-electron chi connectivity index (χ0n) is 11.5. The maximum atomic E-state index is 3.68. The Morgan fingerprint density at radius 2 is 1.68 bits per heavy atom. The molecule has 3 rings (SSSR count). The first-order valence-corrected chi connectivity index (χ1v) is 7.24. The van der Waals surface area contributed by atoms with Gasteiger partial charge in [-0.3, -0.25) is 0 Å². The van der Waals surface area contributed by atoms with Crippen LogP contribution < -0.4 is 5.32 Å². The third-order valence-corrected chi connectivity index (χ3v) is 3.80. The summed E-state index contributed by atoms with van der Waals surface area (Å²) in [7, 11) is 0. The minimum absolute atomic E-state index is 0.553. The van der Waals surface area contributed by atoms with Gasteiger partial charge in [0.05, 0.1) is 0 Å². The van der Waals surface area contributed by atoms with Gasteiger partial charge in [-0.2, -0.15) is 0 Å². The summed E-state index contributed by atoms with van der Waals surface area (Å²) in [4.78, 5) is 0. The third-order valence-electron chi connectivity index (χ3n) is 3.80. The number of hydrogen-bond acceptors (Lipinski definition) is 1. The Morgan fingerprint density at radius 3 is 2.42 bits per heavy atom. The number of rotatable bonds is 5. The Bertz CT molecular complexity index is 528. The van der Waals surface area contributed by atoms with Crippen LogP contribution in [0.3, 0.4) is 0 Å². The van der Waals surface area contributed by atoms with Gasteiger partial charge in [-0.1, -0.05) is 61.4 Å². The van der Waals surface area contributed by atoms with Gasteiger partial charge in [0, 0.05) is 17.3 Å². The predicted molar refractivity (Wildman–Crippen MR) is 82.3 cm³/mol. The minimum Gasteiger partial charge on any atom is -0.382 e. The molecule has 1 atom stereocenters. The van der Waals surface area contributed by atoms with Crippen LogP contribution >= 0.6 is 0 Å². The van der Waals surface area contributed by atoms with Gasteiger partial charge in [0.1, 0.15) is 0 Å². The number of para-hydroxylation sites is 1. The molecule has 0 amide bonds. The molecule has 19 heavy (non-hydrogen) atoms. The second-order valence-corrected chi connectivity index (χ2v) is 5.64. The van der Waals surface area contributed by atoms with Crippen molar-refractivity contribution in [2.24, 2.45) is 5.92 Å². The van der Waals surface area contributed by atoms with E-state index in [1.165, 1.54) is 36.1 Å². The van der Waals surface area contributed by atoms with E-state index in [2.05, 4.69) is 66.8 Å². The third kappa shape index (κ3) is 3.17. The molecule has 1 heteroatoms. The highest BCUT2D eigenvalue weighted by molar-refractivity contribution is 5.77. The molecule has 98 valence electrons. The fourth-order valence-electron chi connectivity index (χ4n) is 2.66. The van der Waals surface area contributed by atoms with Crippen molar-refractivity contribution < 1.29 is 0 Å². The SMILES string of the molecule is CC(CC1CC1)Nc1ccccc1-c1ccccc1. The number of anilines is 1. The van der Waals surface area contributed by atoms with E-state index >= 15 is 0 Å². The molecule has 0 heterocycles. The van der Waals surface area contributed by atoms with Gasteiger partial charge in [0.25, 0.3) is 0 Å². The van der Waals surface area contributed by atoms with E-state index in [0.29, 0.717) is 6.04 Å². The van der Waals surface area contributed by atoms with Crippen LogP contribution in [0.15, 0.2) is 54.6 Å². The fourth-order valence-corrected chi connectivity index (χ4v) is 2.66. The van der Waals surface area contributed by atoms with Crippen molar-refractivity contribution in [2.45, 2.75) is 32.2 Å². The van der Waals surface area contributed by atoms with Crippen molar-refractivity contribution in [3.8, 4) is 11.1 Å². The highest BCUT2D eigenvalue weighted by Gasteiger charge is 2.23. The lowest BCUT2D eigenvalue weighted by Gasteiger charge is -2.18. The molecule has 1 aliphatic rings. The zero-order valence-corrected chi connectivity index (χ0v) is 11.5. The van der Waals surface area contributed by atoms with E-state index in [0.717, 1.165) is 5.92 Å². The molecular weight excluding hydrogens is 230 g/mol. The molecule has 2 aromatic carbocycles. The van der Waals surface area contributed by atoms with Gasteiger partial charge in [-0.15, -0.1) is 0 Å². The monoisotopic (exact) mass is 251 g/mol. The van der Waals surface area contributed by atoms with E-state index in [-0.39, 0.29) is 0 Å². The summed E-state index contributed by atoms with van der Waals surface area (Å²) >= 11 is 0. The summed E-state index contributed by atoms with van der Waals surface area (Å²) in [6, 6.07) is 19.8. The molecule has 0 aromatic heterocycles. The largest absolute Gasteiger partial charge is 0.382 e. The Labute approximate surface area is 115 Å². The maximum absolute atomic E-state index is 3.68. The predicted octanol–water partition coefficient (Wildman–Crippen LogP) is 4.95. The highest BCUT2D eigenvalue weighted by atomic mass is 14.9. The second-order valence-electron chi connectivity index (χ2n) is 5.64. The Morgan fingerprint density at radius 1 is 1.00 bits per heavy atom. The average Bonchev–Trinajstić information content (AvgIpc) is 3.24. The quantitative estimate of drug-likeness (QED) is 0.792. The Balaban J connectivity index is 1.80. The molecule has 0 radical (unpaired) electrons. The molecule has 0 aliphatic heterocycles. The molecule has 2 aromatic rings. The summed E-state index contributed by atoms with van der Waals surface area (Å²) in [6.45, 7) is 2.29. The van der Waals surface area contributed by atoms with Crippen LogP contribution in [0.2, 0.25) is 0 Å². The smallest absolute Gasteiger partial charge is 0.0421 e. The zero-order chi connectivity index (χ0) is 13.1. The average molecular weight is 251 g/mol. The van der Waals surface area contributed by atoms with Crippen LogP contribution in [0.1, 0.15) is 26.2 Å². The lowest BCUT2D eigenvalue weighted by Crippen LogP contribution is -2.16. The second kappa shape index (κ2) is 5.48. The van der Waals surface area contributed by atoms with Crippen LogP contribution in [-0.2, 0) is 0 Å². The van der Waals surface area contributed by atoms with E-state index in [1.54, 1.807) is 0 Å². The van der Waals surface area contributed by atoms with E-state index < -0.39 is 0 Å². The molecule has 1 saturated carbocycles. The van der Waals surface area contributed by atoms with Gasteiger partial charge in [-0.05, 0) is 30.9 Å². The standard InChI is InChI=1S/C18H21N/c1-14(13-15-11-12-15)19-18-10-6-5-9-17(18)16-7-3-2-4-8-16/h2-10,14-15,19H,11-13H2,1H3. The van der Waals surface area contributed by atoms with Crippen LogP contribution in [0.25, 0.3) is 11.1 Å². The maximum Gasteiger partial charge on any atom is 0.0421 e. The van der Waals surface area contributed by atoms with Crippen molar-refractivity contribution in [1.82, 2.24) is 0 Å². The summed E-state index contributed by atoms with van der Waals surface area (Å²) in [5, 5.41) is 3.68. The first-order chi connectivity index (χ1) is 9.33. The first-order valence-electron chi connectivity index (χ1n) is 7.24. The molecule has 1 unspecified atom stereocenters. The van der Waals surface area contributed by atoms with Crippen LogP contribution in [-0.4, -0.2) is 6.04 Å². The molecular formula is C18H21N. The topological polar surface area (TPSA) is 12.0 Å². The normalized spacial score (nSPS) is 16.1. The van der Waals surface area contributed by atoms with Gasteiger partial charge in [0.2, 0.25) is 0 Å². The van der Waals surface area contributed by atoms with Crippen molar-refractivity contribution in [3.63, 3.8) is 0 Å². The van der Waals surface area contributed by atoms with Crippen molar-refractivity contribution in [3.05, 3.63) is 54.6 Å². The Hall–Kier alpha value is -1.76. The first kappa shape index (κ1) is 12.3. The lowest BCUT2D eigenvalue weighted by atomic mass is 10.0. The summed E-state index contributed by atoms with van der Waals surface area (Å²) in [5.41, 5.74) is 3.83. The summed E-state index contributed by atoms with van der Waals surface area (Å²) < 4.78 is 0. The minimum atomic E-state index is 0.553. The van der Waals surface area contributed by atoms with E-state index in [4.69, 9.17) is 0 Å². The molecule has 1 N–H and O–H groups in total. The van der Waals surface area contributed by atoms with Crippen molar-refractivity contribution in [1.29, 1.82) is 0 Å². The number of hydrogen-bond donors (Lipinski definition) is 1. The molecule has 0 bridgehead atoms. The lowest BCUT2D eigenvalue weighted by molar-refractivity contribution is 0.642. The summed E-state index contributed by atoms with van der Waals surface area (Å²) in [6.07, 6.45) is 4.14. The van der Waals surface area contributed by atoms with E-state index in [1.807, 2.05) is 0 Å². The van der Waals surface area contributed by atoms with Gasteiger partial charge in [0.15, 0.2) is 0 Å². The van der Waals surface area contributed by atoms with Crippen LogP contribution in [0, 0.1) is 5.92 Å². The van der Waals surface area contributed by atoms with Crippen molar-refractivity contribution in [2.75, 3.05) is 5.32 Å².